The lowest BCUT2D eigenvalue weighted by Gasteiger charge is -2.41. The normalized spacial score (nSPS) is 34.2. The molecule has 1 saturated heterocycles. The second kappa shape index (κ2) is 3.35. The van der Waals surface area contributed by atoms with Gasteiger partial charge in [0.05, 0.1) is 11.8 Å². The van der Waals surface area contributed by atoms with Crippen molar-refractivity contribution in [3.63, 3.8) is 0 Å². The maximum absolute atomic E-state index is 11.9. The van der Waals surface area contributed by atoms with Crippen molar-refractivity contribution < 1.29 is 14.3 Å². The van der Waals surface area contributed by atoms with Crippen LogP contribution in [0.4, 0.5) is 0 Å². The molecule has 2 bridgehead atoms. The SMILES string of the molecule is Cc1ccc(C)c2c1[C@H]1C=C[C@@H]2[C@H]2C(=O)OC(=O)[C@@H]21. The van der Waals surface area contributed by atoms with Crippen LogP contribution in [-0.2, 0) is 14.3 Å². The Morgan fingerprint density at radius 2 is 1.26 bits per heavy atom. The summed E-state index contributed by atoms with van der Waals surface area (Å²) in [7, 11) is 0. The molecule has 19 heavy (non-hydrogen) atoms. The molecule has 0 radical (unpaired) electrons. The van der Waals surface area contributed by atoms with Crippen LogP contribution >= 0.6 is 0 Å². The molecule has 0 unspecified atom stereocenters. The molecule has 3 nitrogen and oxygen atoms in total. The smallest absolute Gasteiger partial charge is 0.318 e. The fourth-order valence-corrected chi connectivity index (χ4v) is 4.04. The summed E-state index contributed by atoms with van der Waals surface area (Å²) in [4.78, 5) is 23.9. The van der Waals surface area contributed by atoms with E-state index in [1.54, 1.807) is 0 Å². The number of benzene rings is 1. The summed E-state index contributed by atoms with van der Waals surface area (Å²) in [6.07, 6.45) is 4.17. The number of carbonyl (C=O) groups excluding carboxylic acids is 2. The van der Waals surface area contributed by atoms with E-state index >= 15 is 0 Å². The Balaban J connectivity index is 2.02. The van der Waals surface area contributed by atoms with E-state index in [2.05, 4.69) is 38.1 Å². The topological polar surface area (TPSA) is 43.4 Å². The maximum atomic E-state index is 11.9. The summed E-state index contributed by atoms with van der Waals surface area (Å²) in [5, 5.41) is 0. The van der Waals surface area contributed by atoms with Gasteiger partial charge in [0.15, 0.2) is 0 Å². The number of rotatable bonds is 0. The number of hydrogen-bond acceptors (Lipinski definition) is 3. The highest BCUT2D eigenvalue weighted by Gasteiger charge is 2.57. The lowest BCUT2D eigenvalue weighted by atomic mass is 9.59. The molecular weight excluding hydrogens is 240 g/mol. The first-order chi connectivity index (χ1) is 9.09. The number of hydrogen-bond donors (Lipinski definition) is 0. The molecule has 4 atom stereocenters. The molecule has 1 aromatic rings. The predicted octanol–water partition coefficient (Wildman–Crippen LogP) is 2.37. The molecule has 0 saturated carbocycles. The molecule has 0 amide bonds. The summed E-state index contributed by atoms with van der Waals surface area (Å²) >= 11 is 0. The van der Waals surface area contributed by atoms with Gasteiger partial charge in [-0.2, -0.15) is 0 Å². The molecule has 0 aromatic heterocycles. The minimum atomic E-state index is -0.346. The Labute approximate surface area is 111 Å². The van der Waals surface area contributed by atoms with Gasteiger partial charge in [-0.3, -0.25) is 9.59 Å². The number of ether oxygens (including phenoxy) is 1. The lowest BCUT2D eigenvalue weighted by Crippen LogP contribution is -2.38. The number of cyclic esters (lactones) is 2. The fraction of sp³-hybridized carbons (Fsp3) is 0.375. The molecule has 1 aromatic carbocycles. The minimum Gasteiger partial charge on any atom is -0.393 e. The average molecular weight is 254 g/mol. The summed E-state index contributed by atoms with van der Waals surface area (Å²) < 4.78 is 4.88. The highest BCUT2D eigenvalue weighted by Crippen LogP contribution is 2.56. The third-order valence-electron chi connectivity index (χ3n) is 4.82. The number of esters is 2. The van der Waals surface area contributed by atoms with Crippen LogP contribution < -0.4 is 0 Å². The summed E-state index contributed by atoms with van der Waals surface area (Å²) in [6, 6.07) is 4.19. The van der Waals surface area contributed by atoms with Gasteiger partial charge < -0.3 is 4.74 Å². The van der Waals surface area contributed by atoms with Crippen LogP contribution in [0.3, 0.4) is 0 Å². The molecule has 3 aliphatic carbocycles. The zero-order valence-corrected chi connectivity index (χ0v) is 10.8. The van der Waals surface area contributed by atoms with Gasteiger partial charge in [-0.15, -0.1) is 0 Å². The average Bonchev–Trinajstić information content (AvgIpc) is 2.72. The fourth-order valence-electron chi connectivity index (χ4n) is 4.04. The second-order valence-electron chi connectivity index (χ2n) is 5.75. The van der Waals surface area contributed by atoms with E-state index in [1.807, 2.05) is 0 Å². The van der Waals surface area contributed by atoms with Crippen molar-refractivity contribution in [3.8, 4) is 0 Å². The van der Waals surface area contributed by atoms with E-state index in [0.717, 1.165) is 0 Å². The first-order valence-corrected chi connectivity index (χ1v) is 6.63. The summed E-state index contributed by atoms with van der Waals surface area (Å²) in [5.74, 6) is -1.31. The largest absolute Gasteiger partial charge is 0.393 e. The van der Waals surface area contributed by atoms with Crippen molar-refractivity contribution in [3.05, 3.63) is 46.5 Å². The van der Waals surface area contributed by atoms with E-state index in [9.17, 15) is 9.59 Å². The van der Waals surface area contributed by atoms with E-state index in [0.29, 0.717) is 0 Å². The highest BCUT2D eigenvalue weighted by molar-refractivity contribution is 5.99. The van der Waals surface area contributed by atoms with E-state index in [1.165, 1.54) is 22.3 Å². The maximum Gasteiger partial charge on any atom is 0.318 e. The quantitative estimate of drug-likeness (QED) is 0.405. The van der Waals surface area contributed by atoms with Crippen molar-refractivity contribution in [2.45, 2.75) is 25.7 Å². The predicted molar refractivity (Wildman–Crippen MR) is 68.6 cm³/mol. The lowest BCUT2D eigenvalue weighted by molar-refractivity contribution is -0.153. The van der Waals surface area contributed by atoms with Crippen LogP contribution in [0.1, 0.15) is 34.1 Å². The van der Waals surface area contributed by atoms with Crippen molar-refractivity contribution in [2.75, 3.05) is 0 Å². The first kappa shape index (κ1) is 11.0. The summed E-state index contributed by atoms with van der Waals surface area (Å²) in [5.41, 5.74) is 4.87. The van der Waals surface area contributed by atoms with E-state index in [-0.39, 0.29) is 35.6 Å². The molecular formula is C16H14O3. The van der Waals surface area contributed by atoms with Gasteiger partial charge in [0.2, 0.25) is 0 Å². The van der Waals surface area contributed by atoms with Gasteiger partial charge in [-0.25, -0.2) is 0 Å². The first-order valence-electron chi connectivity index (χ1n) is 6.63. The Bertz CT molecular complexity index is 601. The minimum absolute atomic E-state index is 0.00356. The van der Waals surface area contributed by atoms with Crippen molar-refractivity contribution in [2.24, 2.45) is 11.8 Å². The van der Waals surface area contributed by atoms with Crippen LogP contribution in [0.5, 0.6) is 0 Å². The third kappa shape index (κ3) is 1.18. The van der Waals surface area contributed by atoms with Crippen molar-refractivity contribution >= 4 is 11.9 Å². The number of allylic oxidation sites excluding steroid dienone is 2. The van der Waals surface area contributed by atoms with Crippen molar-refractivity contribution in [1.29, 1.82) is 0 Å². The number of carbonyl (C=O) groups is 2. The highest BCUT2D eigenvalue weighted by atomic mass is 16.6. The van der Waals surface area contributed by atoms with Gasteiger partial charge in [-0.1, -0.05) is 24.3 Å². The molecule has 1 heterocycles. The zero-order chi connectivity index (χ0) is 13.3. The molecule has 0 N–H and O–H groups in total. The molecule has 3 heteroatoms. The molecule has 1 aliphatic heterocycles. The molecule has 1 fully saturated rings. The Morgan fingerprint density at radius 1 is 0.842 bits per heavy atom. The second-order valence-corrected chi connectivity index (χ2v) is 5.75. The van der Waals surface area contributed by atoms with Gasteiger partial charge in [0.25, 0.3) is 0 Å². The van der Waals surface area contributed by atoms with Crippen LogP contribution in [-0.4, -0.2) is 11.9 Å². The van der Waals surface area contributed by atoms with Crippen LogP contribution in [0.15, 0.2) is 24.3 Å². The van der Waals surface area contributed by atoms with E-state index < -0.39 is 0 Å². The Hall–Kier alpha value is -1.90. The molecule has 4 aliphatic rings. The summed E-state index contributed by atoms with van der Waals surface area (Å²) in [6.45, 7) is 4.15. The standard InChI is InChI=1S/C16H14O3/c1-7-3-4-8(2)12-10-6-5-9(11(7)12)13-14(10)16(18)19-15(13)17/h3-6,9-10,13-14H,1-2H3/t9-,10+,13-,14-/m1/s1. The monoisotopic (exact) mass is 254 g/mol. The molecule has 0 spiro atoms. The van der Waals surface area contributed by atoms with Crippen molar-refractivity contribution in [1.82, 2.24) is 0 Å². The van der Waals surface area contributed by atoms with Gasteiger partial charge in [-0.05, 0) is 36.1 Å². The third-order valence-corrected chi connectivity index (χ3v) is 4.82. The van der Waals surface area contributed by atoms with Crippen LogP contribution in [0.2, 0.25) is 0 Å². The Morgan fingerprint density at radius 3 is 1.68 bits per heavy atom. The van der Waals surface area contributed by atoms with Gasteiger partial charge in [0, 0.05) is 11.8 Å². The number of aryl methyl sites for hydroxylation is 2. The molecule has 5 rings (SSSR count). The van der Waals surface area contributed by atoms with Gasteiger partial charge >= 0.3 is 11.9 Å². The zero-order valence-electron chi connectivity index (χ0n) is 10.8. The van der Waals surface area contributed by atoms with Crippen LogP contribution in [0, 0.1) is 25.7 Å². The Kier molecular flexibility index (Phi) is 1.93. The molecule has 96 valence electrons. The van der Waals surface area contributed by atoms with Gasteiger partial charge in [0.1, 0.15) is 0 Å². The van der Waals surface area contributed by atoms with Crippen LogP contribution in [0.25, 0.3) is 0 Å². The van der Waals surface area contributed by atoms with E-state index in [4.69, 9.17) is 4.74 Å².